The molecule has 0 atom stereocenters. The van der Waals surface area contributed by atoms with Crippen molar-refractivity contribution < 1.29 is 9.84 Å². The molecule has 1 fully saturated rings. The Morgan fingerprint density at radius 2 is 2.24 bits per heavy atom. The van der Waals surface area contributed by atoms with E-state index < -0.39 is 0 Å². The van der Waals surface area contributed by atoms with E-state index in [9.17, 15) is 0 Å². The Hall–Kier alpha value is -1.69. The van der Waals surface area contributed by atoms with Gasteiger partial charge in [0.25, 0.3) is 0 Å². The molecule has 6 nitrogen and oxygen atoms in total. The molecular formula is C11H16N4O2. The van der Waals surface area contributed by atoms with Gasteiger partial charge in [0.05, 0.1) is 0 Å². The molecule has 1 heterocycles. The van der Waals surface area contributed by atoms with E-state index in [2.05, 4.69) is 15.0 Å². The maximum absolute atomic E-state index is 8.93. The van der Waals surface area contributed by atoms with Crippen LogP contribution in [0, 0.1) is 5.92 Å². The van der Waals surface area contributed by atoms with E-state index in [1.807, 2.05) is 0 Å². The predicted molar refractivity (Wildman–Crippen MR) is 62.9 cm³/mol. The van der Waals surface area contributed by atoms with Crippen molar-refractivity contribution in [2.24, 2.45) is 16.6 Å². The quantitative estimate of drug-likeness (QED) is 0.565. The summed E-state index contributed by atoms with van der Waals surface area (Å²) >= 11 is 0. The number of aromatic nitrogens is 2. The van der Waals surface area contributed by atoms with Crippen LogP contribution in [0.2, 0.25) is 0 Å². The Bertz CT molecular complexity index is 416. The third-order valence-electron chi connectivity index (χ3n) is 2.88. The number of aliphatic hydroxyl groups excluding tert-OH is 1. The number of hydrogen-bond donors (Lipinski definition) is 2. The van der Waals surface area contributed by atoms with Gasteiger partial charge in [0.1, 0.15) is 11.9 Å². The number of nitrogens with zero attached hydrogens (tertiary/aromatic N) is 3. The number of nitrogens with two attached hydrogens (primary N) is 1. The molecule has 0 radical (unpaired) electrons. The van der Waals surface area contributed by atoms with Gasteiger partial charge in [-0.15, -0.1) is 0 Å². The van der Waals surface area contributed by atoms with Gasteiger partial charge in [0.15, 0.2) is 5.69 Å². The van der Waals surface area contributed by atoms with Gasteiger partial charge in [-0.1, -0.05) is 0 Å². The first-order valence-electron chi connectivity index (χ1n) is 5.55. The summed E-state index contributed by atoms with van der Waals surface area (Å²) in [5, 5.41) is 8.93. The topological polar surface area (TPSA) is 93.6 Å². The molecule has 6 heteroatoms. The van der Waals surface area contributed by atoms with Crippen LogP contribution in [-0.2, 0) is 0 Å². The minimum Gasteiger partial charge on any atom is -0.473 e. The summed E-state index contributed by atoms with van der Waals surface area (Å²) in [6.45, 7) is 0.214. The summed E-state index contributed by atoms with van der Waals surface area (Å²) in [6, 6.07) is 0. The highest BCUT2D eigenvalue weighted by Gasteiger charge is 2.31. The highest BCUT2D eigenvalue weighted by atomic mass is 16.5. The van der Waals surface area contributed by atoms with E-state index in [0.29, 0.717) is 23.3 Å². The smallest absolute Gasteiger partial charge is 0.244 e. The molecule has 1 aliphatic carbocycles. The van der Waals surface area contributed by atoms with Gasteiger partial charge in [-0.2, -0.15) is 0 Å². The minimum atomic E-state index is 0.0901. The largest absolute Gasteiger partial charge is 0.473 e. The molecule has 0 aliphatic heterocycles. The lowest BCUT2D eigenvalue weighted by atomic mass is 9.83. The summed E-state index contributed by atoms with van der Waals surface area (Å²) in [5.41, 5.74) is 6.19. The fraction of sp³-hybridized carbons (Fsp3) is 0.545. The second kappa shape index (κ2) is 5.09. The molecule has 0 aromatic carbocycles. The van der Waals surface area contributed by atoms with Crippen LogP contribution in [0.5, 0.6) is 5.88 Å². The first kappa shape index (κ1) is 11.8. The second-order valence-corrected chi connectivity index (χ2v) is 4.08. The van der Waals surface area contributed by atoms with Gasteiger partial charge in [-0.05, 0) is 18.8 Å². The van der Waals surface area contributed by atoms with Crippen LogP contribution in [0.3, 0.4) is 0 Å². The second-order valence-electron chi connectivity index (χ2n) is 4.08. The van der Waals surface area contributed by atoms with Crippen LogP contribution < -0.4 is 10.5 Å². The van der Waals surface area contributed by atoms with Crippen molar-refractivity contribution in [2.75, 3.05) is 13.7 Å². The van der Waals surface area contributed by atoms with E-state index in [0.717, 1.165) is 12.8 Å². The molecular weight excluding hydrogens is 220 g/mol. The first-order chi connectivity index (χ1) is 8.24. The zero-order chi connectivity index (χ0) is 12.3. The van der Waals surface area contributed by atoms with Crippen LogP contribution in [0.25, 0.3) is 0 Å². The highest BCUT2D eigenvalue weighted by Crippen LogP contribution is 2.30. The fourth-order valence-electron chi connectivity index (χ4n) is 1.77. The summed E-state index contributed by atoms with van der Waals surface area (Å²) in [7, 11) is 1.60. The van der Waals surface area contributed by atoms with Crippen LogP contribution in [0.1, 0.15) is 18.5 Å². The molecule has 2 rings (SSSR count). The van der Waals surface area contributed by atoms with Gasteiger partial charge in [-0.3, -0.25) is 4.99 Å². The van der Waals surface area contributed by atoms with E-state index in [4.69, 9.17) is 15.6 Å². The monoisotopic (exact) mass is 236 g/mol. The Balaban J connectivity index is 2.06. The summed E-state index contributed by atoms with van der Waals surface area (Å²) < 4.78 is 5.69. The van der Waals surface area contributed by atoms with Crippen molar-refractivity contribution in [3.05, 3.63) is 18.1 Å². The Labute approximate surface area is 99.6 Å². The third kappa shape index (κ3) is 2.52. The predicted octanol–water partition coefficient (Wildman–Crippen LogP) is -0.0386. The van der Waals surface area contributed by atoms with Gasteiger partial charge < -0.3 is 15.6 Å². The van der Waals surface area contributed by atoms with Crippen molar-refractivity contribution in [3.63, 3.8) is 0 Å². The van der Waals surface area contributed by atoms with Gasteiger partial charge in [0.2, 0.25) is 5.88 Å². The fourth-order valence-corrected chi connectivity index (χ4v) is 1.77. The van der Waals surface area contributed by atoms with Crippen molar-refractivity contribution in [3.8, 4) is 5.88 Å². The Morgan fingerprint density at radius 1 is 1.53 bits per heavy atom. The highest BCUT2D eigenvalue weighted by molar-refractivity contribution is 5.97. The number of hydrogen-bond acceptors (Lipinski definition) is 5. The molecule has 92 valence electrons. The summed E-state index contributed by atoms with van der Waals surface area (Å²) in [5.74, 6) is 1.07. The molecule has 0 spiro atoms. The number of rotatable bonds is 4. The molecule has 1 aromatic rings. The van der Waals surface area contributed by atoms with Crippen LogP contribution in [0.15, 0.2) is 17.4 Å². The third-order valence-corrected chi connectivity index (χ3v) is 2.88. The lowest BCUT2D eigenvalue weighted by molar-refractivity contribution is 0.0292. The summed E-state index contributed by atoms with van der Waals surface area (Å²) in [6.07, 6.45) is 4.89. The average molecular weight is 236 g/mol. The lowest BCUT2D eigenvalue weighted by Crippen LogP contribution is -2.36. The van der Waals surface area contributed by atoms with E-state index in [-0.39, 0.29) is 12.7 Å². The number of aliphatic imine (C=N–C) groups is 1. The molecule has 1 saturated carbocycles. The maximum Gasteiger partial charge on any atom is 0.244 e. The summed E-state index contributed by atoms with van der Waals surface area (Å²) in [4.78, 5) is 12.1. The number of ether oxygens (including phenoxy) is 1. The lowest BCUT2D eigenvalue weighted by Gasteiger charge is -2.33. The number of aliphatic hydroxyl groups is 1. The van der Waals surface area contributed by atoms with Gasteiger partial charge in [-0.25, -0.2) is 9.97 Å². The molecule has 0 bridgehead atoms. The van der Waals surface area contributed by atoms with Crippen molar-refractivity contribution >= 4 is 5.84 Å². The van der Waals surface area contributed by atoms with E-state index in [1.54, 1.807) is 19.4 Å². The SMILES string of the molecule is CN=C(N)c1nccnc1OC1CC(CO)C1. The zero-order valence-electron chi connectivity index (χ0n) is 9.71. The Morgan fingerprint density at radius 3 is 2.88 bits per heavy atom. The van der Waals surface area contributed by atoms with Gasteiger partial charge >= 0.3 is 0 Å². The molecule has 1 aliphatic rings. The van der Waals surface area contributed by atoms with E-state index >= 15 is 0 Å². The van der Waals surface area contributed by atoms with Crippen LogP contribution in [-0.4, -0.2) is 40.7 Å². The minimum absolute atomic E-state index is 0.0901. The number of amidine groups is 1. The normalized spacial score (nSPS) is 24.2. The molecule has 17 heavy (non-hydrogen) atoms. The molecule has 0 unspecified atom stereocenters. The van der Waals surface area contributed by atoms with Crippen LogP contribution >= 0.6 is 0 Å². The van der Waals surface area contributed by atoms with Crippen molar-refractivity contribution in [1.82, 2.24) is 9.97 Å². The van der Waals surface area contributed by atoms with Crippen LogP contribution in [0.4, 0.5) is 0 Å². The zero-order valence-corrected chi connectivity index (χ0v) is 9.71. The molecule has 0 saturated heterocycles. The first-order valence-corrected chi connectivity index (χ1v) is 5.55. The molecule has 1 aromatic heterocycles. The average Bonchev–Trinajstić information content (AvgIpc) is 2.32. The Kier molecular flexibility index (Phi) is 3.53. The standard InChI is InChI=1S/C11H16N4O2/c1-13-10(12)9-11(15-3-2-14-9)17-8-4-7(5-8)6-16/h2-3,7-8,16H,4-6H2,1H3,(H2,12,13). The van der Waals surface area contributed by atoms with Gasteiger partial charge in [0, 0.05) is 26.0 Å². The molecule has 0 amide bonds. The van der Waals surface area contributed by atoms with Crippen molar-refractivity contribution in [2.45, 2.75) is 18.9 Å². The van der Waals surface area contributed by atoms with Crippen molar-refractivity contribution in [1.29, 1.82) is 0 Å². The molecule has 3 N–H and O–H groups in total. The van der Waals surface area contributed by atoms with E-state index in [1.165, 1.54) is 0 Å². The maximum atomic E-state index is 8.93.